The Kier molecular flexibility index (Phi) is 5.99. The van der Waals surface area contributed by atoms with Crippen molar-refractivity contribution in [2.75, 3.05) is 26.7 Å². The van der Waals surface area contributed by atoms with Crippen molar-refractivity contribution in [1.82, 2.24) is 15.1 Å². The van der Waals surface area contributed by atoms with Crippen molar-refractivity contribution in [3.05, 3.63) is 0 Å². The number of carboxylic acids is 1. The summed E-state index contributed by atoms with van der Waals surface area (Å²) < 4.78 is 0. The summed E-state index contributed by atoms with van der Waals surface area (Å²) >= 11 is 0. The van der Waals surface area contributed by atoms with E-state index >= 15 is 0 Å². The van der Waals surface area contributed by atoms with E-state index in [1.807, 2.05) is 13.8 Å². The standard InChI is InChI=1S/C14H25N3O4/c1-4-7-14(12(19)20)8-6-9-17(14)13(21)15-10-11(18)16(3)5-2/h4-10H2,1-3H3,(H,15,21)(H,19,20). The molecule has 0 aliphatic carbocycles. The van der Waals surface area contributed by atoms with E-state index < -0.39 is 17.5 Å². The molecule has 3 amide bonds. The molecule has 2 N–H and O–H groups in total. The van der Waals surface area contributed by atoms with Crippen LogP contribution in [0.25, 0.3) is 0 Å². The zero-order chi connectivity index (χ0) is 16.0. The summed E-state index contributed by atoms with van der Waals surface area (Å²) in [4.78, 5) is 38.4. The highest BCUT2D eigenvalue weighted by atomic mass is 16.4. The molecule has 0 radical (unpaired) electrons. The Morgan fingerprint density at radius 2 is 2.00 bits per heavy atom. The highest BCUT2D eigenvalue weighted by Gasteiger charge is 2.49. The lowest BCUT2D eigenvalue weighted by molar-refractivity contribution is -0.148. The van der Waals surface area contributed by atoms with Crippen LogP contribution < -0.4 is 5.32 Å². The Morgan fingerprint density at radius 1 is 1.33 bits per heavy atom. The van der Waals surface area contributed by atoms with Crippen LogP contribution in [0.1, 0.15) is 39.5 Å². The zero-order valence-electron chi connectivity index (χ0n) is 13.0. The highest BCUT2D eigenvalue weighted by Crippen LogP contribution is 2.33. The normalized spacial score (nSPS) is 21.2. The van der Waals surface area contributed by atoms with Crippen LogP contribution >= 0.6 is 0 Å². The third-order valence-electron chi connectivity index (χ3n) is 4.09. The lowest BCUT2D eigenvalue weighted by Crippen LogP contribution is -2.56. The van der Waals surface area contributed by atoms with Crippen LogP contribution in [0.2, 0.25) is 0 Å². The summed E-state index contributed by atoms with van der Waals surface area (Å²) in [5, 5.41) is 12.1. The van der Waals surface area contributed by atoms with Crippen molar-refractivity contribution in [3.63, 3.8) is 0 Å². The molecule has 0 aromatic carbocycles. The SMILES string of the molecule is CCCC1(C(=O)O)CCCN1C(=O)NCC(=O)N(C)CC. The Balaban J connectivity index is 2.72. The van der Waals surface area contributed by atoms with Gasteiger partial charge in [0.1, 0.15) is 5.54 Å². The molecule has 120 valence electrons. The highest BCUT2D eigenvalue weighted by molar-refractivity contribution is 5.89. The molecule has 0 spiro atoms. The largest absolute Gasteiger partial charge is 0.479 e. The summed E-state index contributed by atoms with van der Waals surface area (Å²) in [6.45, 7) is 4.61. The van der Waals surface area contributed by atoms with E-state index in [2.05, 4.69) is 5.32 Å². The summed E-state index contributed by atoms with van der Waals surface area (Å²) in [5.41, 5.74) is -1.13. The average molecular weight is 299 g/mol. The summed E-state index contributed by atoms with van der Waals surface area (Å²) in [6.07, 6.45) is 2.25. The van der Waals surface area contributed by atoms with E-state index in [0.29, 0.717) is 38.8 Å². The molecule has 7 nitrogen and oxygen atoms in total. The number of carboxylic acid groups (broad SMARTS) is 1. The minimum absolute atomic E-state index is 0.110. The number of hydrogen-bond donors (Lipinski definition) is 2. The van der Waals surface area contributed by atoms with Crippen LogP contribution in [0.15, 0.2) is 0 Å². The van der Waals surface area contributed by atoms with E-state index in [1.165, 1.54) is 9.80 Å². The van der Waals surface area contributed by atoms with Crippen LogP contribution in [0.4, 0.5) is 4.79 Å². The molecule has 1 aliphatic rings. The first-order chi connectivity index (χ1) is 9.89. The second kappa shape index (κ2) is 7.28. The van der Waals surface area contributed by atoms with Gasteiger partial charge in [-0.15, -0.1) is 0 Å². The van der Waals surface area contributed by atoms with Crippen LogP contribution in [0.5, 0.6) is 0 Å². The molecule has 1 fully saturated rings. The first-order valence-corrected chi connectivity index (χ1v) is 7.41. The summed E-state index contributed by atoms with van der Waals surface area (Å²) in [7, 11) is 1.66. The Labute approximate surface area is 125 Å². The van der Waals surface area contributed by atoms with E-state index in [4.69, 9.17) is 0 Å². The van der Waals surface area contributed by atoms with E-state index in [1.54, 1.807) is 7.05 Å². The number of carbonyl (C=O) groups is 3. The van der Waals surface area contributed by atoms with Gasteiger partial charge in [0.25, 0.3) is 0 Å². The number of hydrogen-bond acceptors (Lipinski definition) is 3. The summed E-state index contributed by atoms with van der Waals surface area (Å²) in [6, 6.07) is -0.471. The molecule has 1 atom stereocenters. The first-order valence-electron chi connectivity index (χ1n) is 7.41. The monoisotopic (exact) mass is 299 g/mol. The van der Waals surface area contributed by atoms with Crippen molar-refractivity contribution < 1.29 is 19.5 Å². The van der Waals surface area contributed by atoms with Gasteiger partial charge in [0, 0.05) is 20.1 Å². The molecule has 1 saturated heterocycles. The van der Waals surface area contributed by atoms with Gasteiger partial charge in [-0.25, -0.2) is 9.59 Å². The Morgan fingerprint density at radius 3 is 2.52 bits per heavy atom. The third kappa shape index (κ3) is 3.65. The fourth-order valence-corrected chi connectivity index (χ4v) is 2.74. The minimum atomic E-state index is -1.13. The first kappa shape index (κ1) is 17.3. The number of likely N-dealkylation sites (tertiary alicyclic amines) is 1. The molecule has 7 heteroatoms. The van der Waals surface area contributed by atoms with Gasteiger partial charge < -0.3 is 20.2 Å². The third-order valence-corrected chi connectivity index (χ3v) is 4.09. The van der Waals surface area contributed by atoms with E-state index in [0.717, 1.165) is 0 Å². The van der Waals surface area contributed by atoms with Crippen molar-refractivity contribution in [2.24, 2.45) is 0 Å². The number of carbonyl (C=O) groups excluding carboxylic acids is 2. The zero-order valence-corrected chi connectivity index (χ0v) is 13.0. The number of likely N-dealkylation sites (N-methyl/N-ethyl adjacent to an activating group) is 1. The van der Waals surface area contributed by atoms with Crippen molar-refractivity contribution >= 4 is 17.9 Å². The topological polar surface area (TPSA) is 90.0 Å². The molecule has 21 heavy (non-hydrogen) atoms. The van der Waals surface area contributed by atoms with Crippen LogP contribution in [-0.4, -0.2) is 65.0 Å². The van der Waals surface area contributed by atoms with Gasteiger partial charge in [-0.2, -0.15) is 0 Å². The number of nitrogens with one attached hydrogen (secondary N) is 1. The minimum Gasteiger partial charge on any atom is -0.479 e. The summed E-state index contributed by atoms with van der Waals surface area (Å²) in [5.74, 6) is -1.16. The average Bonchev–Trinajstić information content (AvgIpc) is 2.89. The number of nitrogens with zero attached hydrogens (tertiary/aromatic N) is 2. The molecule has 0 aromatic heterocycles. The van der Waals surface area contributed by atoms with Gasteiger partial charge in [-0.1, -0.05) is 13.3 Å². The Bertz CT molecular complexity index is 413. The quantitative estimate of drug-likeness (QED) is 0.762. The van der Waals surface area contributed by atoms with Gasteiger partial charge in [0.2, 0.25) is 5.91 Å². The van der Waals surface area contributed by atoms with Crippen LogP contribution in [0, 0.1) is 0 Å². The maximum atomic E-state index is 12.2. The molecular formula is C14H25N3O4. The van der Waals surface area contributed by atoms with Gasteiger partial charge in [0.15, 0.2) is 0 Å². The lowest BCUT2D eigenvalue weighted by atomic mass is 9.91. The Hall–Kier alpha value is -1.79. The second-order valence-corrected chi connectivity index (χ2v) is 5.41. The molecule has 0 saturated carbocycles. The van der Waals surface area contributed by atoms with Gasteiger partial charge >= 0.3 is 12.0 Å². The number of urea groups is 1. The predicted molar refractivity (Wildman–Crippen MR) is 77.9 cm³/mol. The smallest absolute Gasteiger partial charge is 0.329 e. The fraction of sp³-hybridized carbons (Fsp3) is 0.786. The van der Waals surface area contributed by atoms with Gasteiger partial charge in [-0.3, -0.25) is 4.79 Å². The number of amides is 3. The molecule has 1 aliphatic heterocycles. The molecule has 0 aromatic rings. The van der Waals surface area contributed by atoms with Crippen LogP contribution in [-0.2, 0) is 9.59 Å². The maximum absolute atomic E-state index is 12.2. The molecule has 1 rings (SSSR count). The molecular weight excluding hydrogens is 274 g/mol. The van der Waals surface area contributed by atoms with Crippen molar-refractivity contribution in [1.29, 1.82) is 0 Å². The molecule has 1 unspecified atom stereocenters. The lowest BCUT2D eigenvalue weighted by Gasteiger charge is -2.34. The maximum Gasteiger partial charge on any atom is 0.329 e. The van der Waals surface area contributed by atoms with E-state index in [-0.39, 0.29) is 12.5 Å². The predicted octanol–water partition coefficient (Wildman–Crippen LogP) is 0.894. The van der Waals surface area contributed by atoms with Gasteiger partial charge in [0.05, 0.1) is 6.54 Å². The fourth-order valence-electron chi connectivity index (χ4n) is 2.74. The second-order valence-electron chi connectivity index (χ2n) is 5.41. The molecule has 0 bridgehead atoms. The van der Waals surface area contributed by atoms with Crippen molar-refractivity contribution in [3.8, 4) is 0 Å². The van der Waals surface area contributed by atoms with Crippen molar-refractivity contribution in [2.45, 2.75) is 45.1 Å². The van der Waals surface area contributed by atoms with E-state index in [9.17, 15) is 19.5 Å². The molecule has 1 heterocycles. The van der Waals surface area contributed by atoms with Crippen LogP contribution in [0.3, 0.4) is 0 Å². The number of aliphatic carboxylic acids is 1. The number of rotatable bonds is 6. The van der Waals surface area contributed by atoms with Gasteiger partial charge in [-0.05, 0) is 26.2 Å².